The van der Waals surface area contributed by atoms with E-state index in [0.717, 1.165) is 6.42 Å². The molecule has 0 radical (unpaired) electrons. The normalized spacial score (nSPS) is 14.0. The topological polar surface area (TPSA) is 98.2 Å². The van der Waals surface area contributed by atoms with E-state index in [0.29, 0.717) is 0 Å². The lowest BCUT2D eigenvalue weighted by Crippen LogP contribution is -2.46. The van der Waals surface area contributed by atoms with Gasteiger partial charge in [0, 0.05) is 6.04 Å². The van der Waals surface area contributed by atoms with Gasteiger partial charge >= 0.3 is 0 Å². The number of rotatable bonds is 6. The third-order valence-electron chi connectivity index (χ3n) is 2.27. The Morgan fingerprint density at radius 1 is 1.53 bits per heavy atom. The summed E-state index contributed by atoms with van der Waals surface area (Å²) < 4.78 is 0. The molecule has 1 aromatic heterocycles. The van der Waals surface area contributed by atoms with Crippen LogP contribution in [0.15, 0.2) is 16.8 Å². The van der Waals surface area contributed by atoms with Gasteiger partial charge in [0.25, 0.3) is 0 Å². The maximum Gasteiger partial charge on any atom is 0.237 e. The van der Waals surface area contributed by atoms with Gasteiger partial charge in [-0.15, -0.1) is 0 Å². The van der Waals surface area contributed by atoms with Crippen LogP contribution in [-0.2, 0) is 16.0 Å². The molecule has 17 heavy (non-hydrogen) atoms. The lowest BCUT2D eigenvalue weighted by Gasteiger charge is -2.16. The van der Waals surface area contributed by atoms with Crippen molar-refractivity contribution in [1.29, 1.82) is 0 Å². The first-order chi connectivity index (χ1) is 7.99. The molecular weight excluding hydrogens is 238 g/mol. The summed E-state index contributed by atoms with van der Waals surface area (Å²) in [6.45, 7) is 1.90. The molecule has 0 aliphatic heterocycles. The standard InChI is InChI=1S/C11H17N3O2S/c1-7(4-8-2-3-17-6-8)14-11(16)9(12)5-10(13)15/h2-3,6-7,9H,4-5,12H2,1H3,(H2,13,15)(H,14,16). The number of thiophene rings is 1. The highest BCUT2D eigenvalue weighted by molar-refractivity contribution is 7.07. The highest BCUT2D eigenvalue weighted by Crippen LogP contribution is 2.08. The Kier molecular flexibility index (Phi) is 5.11. The zero-order valence-corrected chi connectivity index (χ0v) is 10.5. The fraction of sp³-hybridized carbons (Fsp3) is 0.455. The van der Waals surface area contributed by atoms with Gasteiger partial charge in [-0.25, -0.2) is 0 Å². The molecule has 1 rings (SSSR count). The van der Waals surface area contributed by atoms with Crippen molar-refractivity contribution in [3.8, 4) is 0 Å². The van der Waals surface area contributed by atoms with E-state index in [4.69, 9.17) is 11.5 Å². The predicted molar refractivity (Wildman–Crippen MR) is 67.4 cm³/mol. The maximum atomic E-state index is 11.6. The minimum absolute atomic E-state index is 0.0176. The van der Waals surface area contributed by atoms with E-state index >= 15 is 0 Å². The predicted octanol–water partition coefficient (Wildman–Crippen LogP) is -0.00200. The molecule has 0 bridgehead atoms. The van der Waals surface area contributed by atoms with E-state index in [1.54, 1.807) is 11.3 Å². The Balaban J connectivity index is 2.37. The molecule has 0 spiro atoms. The lowest BCUT2D eigenvalue weighted by atomic mass is 10.1. The molecule has 1 heterocycles. The van der Waals surface area contributed by atoms with E-state index < -0.39 is 11.9 Å². The Labute approximate surface area is 104 Å². The van der Waals surface area contributed by atoms with Gasteiger partial charge < -0.3 is 16.8 Å². The highest BCUT2D eigenvalue weighted by atomic mass is 32.1. The van der Waals surface area contributed by atoms with Gasteiger partial charge in [-0.2, -0.15) is 11.3 Å². The number of carbonyl (C=O) groups is 2. The third kappa shape index (κ3) is 4.97. The van der Waals surface area contributed by atoms with Gasteiger partial charge in [0.2, 0.25) is 11.8 Å². The van der Waals surface area contributed by atoms with Crippen LogP contribution in [0.4, 0.5) is 0 Å². The highest BCUT2D eigenvalue weighted by Gasteiger charge is 2.17. The molecule has 0 aliphatic carbocycles. The van der Waals surface area contributed by atoms with Crippen molar-refractivity contribution in [2.24, 2.45) is 11.5 Å². The minimum Gasteiger partial charge on any atom is -0.370 e. The maximum absolute atomic E-state index is 11.6. The minimum atomic E-state index is -0.863. The number of hydrogen-bond acceptors (Lipinski definition) is 4. The molecule has 2 atom stereocenters. The zero-order chi connectivity index (χ0) is 12.8. The van der Waals surface area contributed by atoms with Crippen LogP contribution >= 0.6 is 11.3 Å². The van der Waals surface area contributed by atoms with Crippen molar-refractivity contribution in [2.45, 2.75) is 31.8 Å². The summed E-state index contributed by atoms with van der Waals surface area (Å²) in [5.74, 6) is -0.912. The van der Waals surface area contributed by atoms with Crippen LogP contribution in [0, 0.1) is 0 Å². The molecular formula is C11H17N3O2S. The van der Waals surface area contributed by atoms with Crippen LogP contribution in [0.3, 0.4) is 0 Å². The van der Waals surface area contributed by atoms with Crippen molar-refractivity contribution in [3.05, 3.63) is 22.4 Å². The van der Waals surface area contributed by atoms with Crippen molar-refractivity contribution in [3.63, 3.8) is 0 Å². The quantitative estimate of drug-likeness (QED) is 0.667. The molecule has 6 heteroatoms. The van der Waals surface area contributed by atoms with Crippen LogP contribution in [-0.4, -0.2) is 23.9 Å². The van der Waals surface area contributed by atoms with Crippen molar-refractivity contribution < 1.29 is 9.59 Å². The van der Waals surface area contributed by atoms with Gasteiger partial charge in [0.1, 0.15) is 0 Å². The number of nitrogens with one attached hydrogen (secondary N) is 1. The molecule has 0 saturated carbocycles. The SMILES string of the molecule is CC(Cc1ccsc1)NC(=O)C(N)CC(N)=O. The van der Waals surface area contributed by atoms with E-state index in [2.05, 4.69) is 5.32 Å². The summed E-state index contributed by atoms with van der Waals surface area (Å²) in [4.78, 5) is 22.2. The average molecular weight is 255 g/mol. The monoisotopic (exact) mass is 255 g/mol. The van der Waals surface area contributed by atoms with E-state index in [1.165, 1.54) is 5.56 Å². The molecule has 1 aromatic rings. The Morgan fingerprint density at radius 3 is 2.76 bits per heavy atom. The molecule has 2 unspecified atom stereocenters. The Bertz CT molecular complexity index is 378. The summed E-state index contributed by atoms with van der Waals surface area (Å²) >= 11 is 1.62. The number of hydrogen-bond donors (Lipinski definition) is 3. The smallest absolute Gasteiger partial charge is 0.237 e. The first-order valence-corrected chi connectivity index (χ1v) is 6.28. The fourth-order valence-electron chi connectivity index (χ4n) is 1.47. The summed E-state index contributed by atoms with van der Waals surface area (Å²) in [7, 11) is 0. The van der Waals surface area contributed by atoms with Crippen LogP contribution in [0.25, 0.3) is 0 Å². The van der Waals surface area contributed by atoms with Crippen molar-refractivity contribution in [1.82, 2.24) is 5.32 Å². The Hall–Kier alpha value is -1.40. The largest absolute Gasteiger partial charge is 0.370 e. The van der Waals surface area contributed by atoms with Gasteiger partial charge in [-0.05, 0) is 35.7 Å². The molecule has 0 aromatic carbocycles. The Morgan fingerprint density at radius 2 is 2.24 bits per heavy atom. The molecule has 5 N–H and O–H groups in total. The van der Waals surface area contributed by atoms with Crippen LogP contribution in [0.1, 0.15) is 18.9 Å². The molecule has 5 nitrogen and oxygen atoms in total. The zero-order valence-electron chi connectivity index (χ0n) is 9.68. The summed E-state index contributed by atoms with van der Waals surface area (Å²) in [6.07, 6.45) is 0.621. The van der Waals surface area contributed by atoms with Crippen LogP contribution in [0.2, 0.25) is 0 Å². The van der Waals surface area contributed by atoms with E-state index in [-0.39, 0.29) is 18.4 Å². The van der Waals surface area contributed by atoms with Gasteiger partial charge in [0.15, 0.2) is 0 Å². The van der Waals surface area contributed by atoms with E-state index in [9.17, 15) is 9.59 Å². The molecule has 0 fully saturated rings. The number of nitrogens with two attached hydrogens (primary N) is 2. The second kappa shape index (κ2) is 6.36. The van der Waals surface area contributed by atoms with Crippen LogP contribution < -0.4 is 16.8 Å². The molecule has 94 valence electrons. The first-order valence-electron chi connectivity index (χ1n) is 5.34. The van der Waals surface area contributed by atoms with Gasteiger partial charge in [0.05, 0.1) is 12.5 Å². The van der Waals surface area contributed by atoms with Crippen LogP contribution in [0.5, 0.6) is 0 Å². The second-order valence-electron chi connectivity index (χ2n) is 4.02. The average Bonchev–Trinajstić information content (AvgIpc) is 2.68. The van der Waals surface area contributed by atoms with Crippen molar-refractivity contribution in [2.75, 3.05) is 0 Å². The summed E-state index contributed by atoms with van der Waals surface area (Å²) in [6, 6.07) is 1.13. The molecule has 2 amide bonds. The molecule has 0 aliphatic rings. The van der Waals surface area contributed by atoms with Crippen molar-refractivity contribution >= 4 is 23.2 Å². The fourth-order valence-corrected chi connectivity index (χ4v) is 2.15. The van der Waals surface area contributed by atoms with Gasteiger partial charge in [-0.3, -0.25) is 9.59 Å². The number of primary amides is 1. The summed E-state index contributed by atoms with van der Waals surface area (Å²) in [5, 5.41) is 6.78. The number of amides is 2. The number of carbonyl (C=O) groups excluding carboxylic acids is 2. The second-order valence-corrected chi connectivity index (χ2v) is 4.80. The van der Waals surface area contributed by atoms with Gasteiger partial charge in [-0.1, -0.05) is 0 Å². The third-order valence-corrected chi connectivity index (χ3v) is 3.00. The lowest BCUT2D eigenvalue weighted by molar-refractivity contribution is -0.126. The van der Waals surface area contributed by atoms with E-state index in [1.807, 2.05) is 23.8 Å². The molecule has 0 saturated heterocycles. The first kappa shape index (κ1) is 13.7. The summed E-state index contributed by atoms with van der Waals surface area (Å²) in [5.41, 5.74) is 11.7.